The molecule has 1 aliphatic heterocycles. The second kappa shape index (κ2) is 3.80. The van der Waals surface area contributed by atoms with Gasteiger partial charge in [-0.05, 0) is 29.7 Å². The molecule has 0 amide bonds. The predicted octanol–water partition coefficient (Wildman–Crippen LogP) is 1.08. The maximum Gasteiger partial charge on any atom is 0.141 e. The van der Waals surface area contributed by atoms with Gasteiger partial charge in [0.15, 0.2) is 0 Å². The van der Waals surface area contributed by atoms with Gasteiger partial charge in [-0.25, -0.2) is 0 Å². The van der Waals surface area contributed by atoms with Crippen molar-refractivity contribution in [2.24, 2.45) is 0 Å². The van der Waals surface area contributed by atoms with Crippen LogP contribution in [0.2, 0.25) is 0 Å². The lowest BCUT2D eigenvalue weighted by molar-refractivity contribution is -0.109. The summed E-state index contributed by atoms with van der Waals surface area (Å²) in [7, 11) is 1.65. The summed E-state index contributed by atoms with van der Waals surface area (Å²) in [6, 6.07) is 5.71. The largest absolute Gasteiger partial charge is 0.497 e. The highest BCUT2D eigenvalue weighted by Gasteiger charge is 2.18. The van der Waals surface area contributed by atoms with E-state index < -0.39 is 0 Å². The third-order valence-corrected chi connectivity index (χ3v) is 2.58. The minimum atomic E-state index is -0.148. The van der Waals surface area contributed by atoms with Crippen LogP contribution >= 0.6 is 0 Å². The van der Waals surface area contributed by atoms with Crippen molar-refractivity contribution in [3.63, 3.8) is 0 Å². The van der Waals surface area contributed by atoms with Gasteiger partial charge in [-0.2, -0.15) is 0 Å². The highest BCUT2D eigenvalue weighted by Crippen LogP contribution is 2.25. The zero-order valence-corrected chi connectivity index (χ0v) is 8.12. The van der Waals surface area contributed by atoms with Crippen LogP contribution in [0.25, 0.3) is 0 Å². The molecule has 0 radical (unpaired) electrons. The molecule has 0 saturated carbocycles. The van der Waals surface area contributed by atoms with Crippen LogP contribution in [0.1, 0.15) is 17.2 Å². The van der Waals surface area contributed by atoms with E-state index in [1.54, 1.807) is 7.11 Å². The van der Waals surface area contributed by atoms with Crippen molar-refractivity contribution in [2.75, 3.05) is 13.7 Å². The van der Waals surface area contributed by atoms with Crippen LogP contribution in [0.15, 0.2) is 18.2 Å². The molecule has 1 aromatic carbocycles. The van der Waals surface area contributed by atoms with Gasteiger partial charge in [0.1, 0.15) is 12.0 Å². The maximum atomic E-state index is 10.8. The van der Waals surface area contributed by atoms with Crippen LogP contribution in [0, 0.1) is 0 Å². The Hall–Kier alpha value is -1.35. The summed E-state index contributed by atoms with van der Waals surface area (Å²) in [4.78, 5) is 10.8. The first kappa shape index (κ1) is 9.21. The first-order valence-corrected chi connectivity index (χ1v) is 4.70. The Morgan fingerprint density at radius 3 is 3.14 bits per heavy atom. The van der Waals surface area contributed by atoms with Gasteiger partial charge in [-0.3, -0.25) is 0 Å². The van der Waals surface area contributed by atoms with E-state index in [1.165, 1.54) is 5.56 Å². The molecule has 0 spiro atoms. The SMILES string of the molecule is COc1ccc2c(c1)CCN[C@H]2C=O. The fourth-order valence-electron chi connectivity index (χ4n) is 1.82. The molecule has 1 N–H and O–H groups in total. The number of benzene rings is 1. The number of fused-ring (bicyclic) bond motifs is 1. The number of ether oxygens (including phenoxy) is 1. The van der Waals surface area contributed by atoms with Crippen molar-refractivity contribution in [2.45, 2.75) is 12.5 Å². The molecule has 0 saturated heterocycles. The maximum absolute atomic E-state index is 10.8. The lowest BCUT2D eigenvalue weighted by Crippen LogP contribution is -2.30. The third kappa shape index (κ3) is 1.51. The number of carbonyl (C=O) groups excluding carboxylic acids is 1. The van der Waals surface area contributed by atoms with E-state index in [9.17, 15) is 4.79 Å². The Balaban J connectivity index is 2.40. The Kier molecular flexibility index (Phi) is 2.50. The minimum absolute atomic E-state index is 0.148. The zero-order valence-electron chi connectivity index (χ0n) is 8.12. The highest BCUT2D eigenvalue weighted by molar-refractivity contribution is 5.63. The molecule has 1 aliphatic rings. The van der Waals surface area contributed by atoms with Crippen LogP contribution in [0.3, 0.4) is 0 Å². The van der Waals surface area contributed by atoms with E-state index in [0.29, 0.717) is 0 Å². The molecule has 0 unspecified atom stereocenters. The van der Waals surface area contributed by atoms with Crippen LogP contribution in [0.5, 0.6) is 5.75 Å². The van der Waals surface area contributed by atoms with Crippen molar-refractivity contribution < 1.29 is 9.53 Å². The van der Waals surface area contributed by atoms with Gasteiger partial charge in [0.25, 0.3) is 0 Å². The van der Waals surface area contributed by atoms with E-state index in [0.717, 1.165) is 30.6 Å². The number of hydrogen-bond donors (Lipinski definition) is 1. The van der Waals surface area contributed by atoms with E-state index in [4.69, 9.17) is 4.74 Å². The Bertz CT molecular complexity index is 349. The summed E-state index contributed by atoms with van der Waals surface area (Å²) in [5.74, 6) is 0.857. The molecule has 1 aromatic rings. The molecule has 14 heavy (non-hydrogen) atoms. The summed E-state index contributed by atoms with van der Waals surface area (Å²) in [5, 5.41) is 3.15. The lowest BCUT2D eigenvalue weighted by Gasteiger charge is -2.23. The third-order valence-electron chi connectivity index (χ3n) is 2.58. The fourth-order valence-corrected chi connectivity index (χ4v) is 1.82. The predicted molar refractivity (Wildman–Crippen MR) is 53.5 cm³/mol. The molecular formula is C11H13NO2. The average Bonchev–Trinajstić information content (AvgIpc) is 2.27. The van der Waals surface area contributed by atoms with Gasteiger partial charge >= 0.3 is 0 Å². The normalized spacial score (nSPS) is 19.9. The first-order chi connectivity index (χ1) is 6.85. The number of aldehydes is 1. The van der Waals surface area contributed by atoms with Gasteiger partial charge < -0.3 is 14.8 Å². The zero-order chi connectivity index (χ0) is 9.97. The molecule has 0 bridgehead atoms. The summed E-state index contributed by atoms with van der Waals surface area (Å²) in [5.41, 5.74) is 2.28. The molecule has 1 atom stereocenters. The van der Waals surface area contributed by atoms with Gasteiger partial charge in [0.2, 0.25) is 0 Å². The van der Waals surface area contributed by atoms with E-state index in [2.05, 4.69) is 5.32 Å². The number of methoxy groups -OCH3 is 1. The van der Waals surface area contributed by atoms with Gasteiger partial charge in [0, 0.05) is 6.54 Å². The van der Waals surface area contributed by atoms with E-state index in [-0.39, 0.29) is 6.04 Å². The smallest absolute Gasteiger partial charge is 0.141 e. The summed E-state index contributed by atoms with van der Waals surface area (Å²) in [6.07, 6.45) is 1.90. The van der Waals surface area contributed by atoms with Crippen LogP contribution in [-0.2, 0) is 11.2 Å². The summed E-state index contributed by atoms with van der Waals surface area (Å²) < 4.78 is 5.14. The van der Waals surface area contributed by atoms with Crippen molar-refractivity contribution in [3.05, 3.63) is 29.3 Å². The minimum Gasteiger partial charge on any atom is -0.497 e. The number of nitrogens with one attached hydrogen (secondary N) is 1. The van der Waals surface area contributed by atoms with Crippen LogP contribution in [0.4, 0.5) is 0 Å². The summed E-state index contributed by atoms with van der Waals surface area (Å²) >= 11 is 0. The second-order valence-corrected chi connectivity index (χ2v) is 3.38. The molecule has 0 fully saturated rings. The Morgan fingerprint density at radius 1 is 1.57 bits per heavy atom. The molecule has 74 valence electrons. The number of carbonyl (C=O) groups is 1. The quantitative estimate of drug-likeness (QED) is 0.711. The average molecular weight is 191 g/mol. The number of hydrogen-bond acceptors (Lipinski definition) is 3. The fraction of sp³-hybridized carbons (Fsp3) is 0.364. The second-order valence-electron chi connectivity index (χ2n) is 3.38. The molecule has 3 nitrogen and oxygen atoms in total. The van der Waals surface area contributed by atoms with Crippen molar-refractivity contribution in [1.29, 1.82) is 0 Å². The topological polar surface area (TPSA) is 38.3 Å². The summed E-state index contributed by atoms with van der Waals surface area (Å²) in [6.45, 7) is 0.851. The van der Waals surface area contributed by atoms with Gasteiger partial charge in [-0.15, -0.1) is 0 Å². The Labute approximate surface area is 83.1 Å². The van der Waals surface area contributed by atoms with Gasteiger partial charge in [-0.1, -0.05) is 6.07 Å². The first-order valence-electron chi connectivity index (χ1n) is 4.70. The Morgan fingerprint density at radius 2 is 2.43 bits per heavy atom. The van der Waals surface area contributed by atoms with Crippen LogP contribution < -0.4 is 10.1 Å². The molecule has 1 heterocycles. The molecule has 3 heteroatoms. The number of rotatable bonds is 2. The van der Waals surface area contributed by atoms with Gasteiger partial charge in [0.05, 0.1) is 13.2 Å². The molecule has 2 rings (SSSR count). The van der Waals surface area contributed by atoms with Crippen molar-refractivity contribution in [3.8, 4) is 5.75 Å². The van der Waals surface area contributed by atoms with Crippen molar-refractivity contribution >= 4 is 6.29 Å². The van der Waals surface area contributed by atoms with E-state index >= 15 is 0 Å². The van der Waals surface area contributed by atoms with Crippen molar-refractivity contribution in [1.82, 2.24) is 5.32 Å². The molecule has 0 aromatic heterocycles. The monoisotopic (exact) mass is 191 g/mol. The van der Waals surface area contributed by atoms with Crippen LogP contribution in [-0.4, -0.2) is 19.9 Å². The molecular weight excluding hydrogens is 178 g/mol. The van der Waals surface area contributed by atoms with E-state index in [1.807, 2.05) is 18.2 Å². The lowest BCUT2D eigenvalue weighted by atomic mass is 9.95. The highest BCUT2D eigenvalue weighted by atomic mass is 16.5. The molecule has 0 aliphatic carbocycles. The standard InChI is InChI=1S/C11H13NO2/c1-14-9-2-3-10-8(6-9)4-5-12-11(10)7-13/h2-3,6-7,11-12H,4-5H2,1H3/t11-/m0/s1.